The molecule has 0 spiro atoms. The van der Waals surface area contributed by atoms with Crippen LogP contribution < -0.4 is 5.32 Å². The maximum absolute atomic E-state index is 13.1. The number of amides is 1. The molecule has 0 aliphatic carbocycles. The summed E-state index contributed by atoms with van der Waals surface area (Å²) in [7, 11) is -3.92. The highest BCUT2D eigenvalue weighted by atomic mass is 32.2. The highest BCUT2D eigenvalue weighted by molar-refractivity contribution is 7.92. The molecule has 4 nitrogen and oxygen atoms in total. The van der Waals surface area contributed by atoms with E-state index in [-0.39, 0.29) is 16.7 Å². The highest BCUT2D eigenvalue weighted by Crippen LogP contribution is 2.33. The van der Waals surface area contributed by atoms with Crippen LogP contribution in [0.1, 0.15) is 57.6 Å². The lowest BCUT2D eigenvalue weighted by Gasteiger charge is -2.22. The minimum atomic E-state index is -3.92. The zero-order valence-corrected chi connectivity index (χ0v) is 17.1. The minimum absolute atomic E-state index is 0.0761. The Morgan fingerprint density at radius 1 is 0.889 bits per heavy atom. The smallest absolute Gasteiger partial charge is 0.242 e. The number of carbonyl (C=O) groups is 1. The van der Waals surface area contributed by atoms with E-state index in [1.807, 2.05) is 45.9 Å². The van der Waals surface area contributed by atoms with Gasteiger partial charge in [0.05, 0.1) is 4.90 Å². The van der Waals surface area contributed by atoms with Crippen LogP contribution in [-0.2, 0) is 14.6 Å². The molecule has 0 fully saturated rings. The molecule has 2 aromatic carbocycles. The van der Waals surface area contributed by atoms with E-state index in [1.54, 1.807) is 0 Å². The van der Waals surface area contributed by atoms with Crippen LogP contribution in [0.15, 0.2) is 47.4 Å². The molecule has 0 aliphatic rings. The van der Waals surface area contributed by atoms with Crippen molar-refractivity contribution < 1.29 is 17.6 Å². The van der Waals surface area contributed by atoms with Crippen molar-refractivity contribution in [1.82, 2.24) is 0 Å². The quantitative estimate of drug-likeness (QED) is 0.714. The van der Waals surface area contributed by atoms with Crippen LogP contribution in [0.2, 0.25) is 0 Å². The van der Waals surface area contributed by atoms with Crippen LogP contribution in [-0.4, -0.2) is 19.6 Å². The summed E-state index contributed by atoms with van der Waals surface area (Å²) in [6, 6.07) is 10.3. The molecule has 0 radical (unpaired) electrons. The number of benzene rings is 2. The number of hydrogen-bond acceptors (Lipinski definition) is 3. The Kier molecular flexibility index (Phi) is 6.42. The van der Waals surface area contributed by atoms with E-state index in [2.05, 4.69) is 5.32 Å². The molecule has 146 valence electrons. The van der Waals surface area contributed by atoms with Crippen molar-refractivity contribution in [1.29, 1.82) is 0 Å². The van der Waals surface area contributed by atoms with Crippen LogP contribution in [0.4, 0.5) is 10.1 Å². The second kappa shape index (κ2) is 8.21. The van der Waals surface area contributed by atoms with Crippen molar-refractivity contribution >= 4 is 21.4 Å². The number of carbonyl (C=O) groups excluding carboxylic acids is 1. The summed E-state index contributed by atoms with van der Waals surface area (Å²) in [6.45, 7) is 9.43. The van der Waals surface area contributed by atoms with E-state index < -0.39 is 26.8 Å². The lowest BCUT2D eigenvalue weighted by atomic mass is 9.92. The maximum Gasteiger partial charge on any atom is 0.242 e. The second-order valence-corrected chi connectivity index (χ2v) is 9.52. The third-order valence-corrected chi connectivity index (χ3v) is 6.67. The molecule has 0 heterocycles. The normalized spacial score (nSPS) is 13.0. The lowest BCUT2D eigenvalue weighted by Crippen LogP contribution is -2.33. The van der Waals surface area contributed by atoms with Gasteiger partial charge >= 0.3 is 0 Å². The van der Waals surface area contributed by atoms with Crippen molar-refractivity contribution in [3.05, 3.63) is 59.4 Å². The third kappa shape index (κ3) is 4.56. The average Bonchev–Trinajstić information content (AvgIpc) is 2.61. The molecule has 1 unspecified atom stereocenters. The number of anilines is 1. The second-order valence-electron chi connectivity index (χ2n) is 7.25. The molecule has 1 N–H and O–H groups in total. The van der Waals surface area contributed by atoms with E-state index in [0.717, 1.165) is 23.3 Å². The van der Waals surface area contributed by atoms with E-state index in [4.69, 9.17) is 0 Å². The van der Waals surface area contributed by atoms with Gasteiger partial charge in [0.25, 0.3) is 0 Å². The molecule has 1 amide bonds. The molecule has 0 aromatic heterocycles. The van der Waals surface area contributed by atoms with E-state index >= 15 is 0 Å². The van der Waals surface area contributed by atoms with Gasteiger partial charge in [0.1, 0.15) is 11.1 Å². The topological polar surface area (TPSA) is 63.2 Å². The summed E-state index contributed by atoms with van der Waals surface area (Å²) in [5.74, 6) is -0.793. The molecule has 2 aromatic rings. The van der Waals surface area contributed by atoms with Gasteiger partial charge in [0, 0.05) is 5.69 Å². The Bertz CT molecular complexity index is 893. The summed E-state index contributed by atoms with van der Waals surface area (Å²) >= 11 is 0. The first kappa shape index (κ1) is 21.1. The van der Waals surface area contributed by atoms with Crippen LogP contribution in [0, 0.1) is 5.82 Å². The van der Waals surface area contributed by atoms with Gasteiger partial charge in [-0.1, -0.05) is 45.9 Å². The zero-order chi connectivity index (χ0) is 20.4. The van der Waals surface area contributed by atoms with Gasteiger partial charge in [-0.15, -0.1) is 0 Å². The summed E-state index contributed by atoms with van der Waals surface area (Å²) in [6.07, 6.45) is 0. The molecule has 6 heteroatoms. The van der Waals surface area contributed by atoms with Gasteiger partial charge in [0.15, 0.2) is 9.84 Å². The first-order chi connectivity index (χ1) is 12.6. The largest absolute Gasteiger partial charge is 0.324 e. The summed E-state index contributed by atoms with van der Waals surface area (Å²) in [4.78, 5) is 12.7. The predicted octanol–water partition coefficient (Wildman–Crippen LogP) is 4.87. The first-order valence-electron chi connectivity index (χ1n) is 8.98. The molecule has 0 saturated heterocycles. The molecular formula is C21H26FNO3S. The molecular weight excluding hydrogens is 365 g/mol. The molecule has 0 aliphatic heterocycles. The van der Waals surface area contributed by atoms with Crippen molar-refractivity contribution in [3.63, 3.8) is 0 Å². The standard InChI is InChI=1S/C21H26FNO3S/c1-13(2)18-7-6-8-19(14(3)4)20(18)23-21(24)15(5)27(25,26)17-11-9-16(22)10-12-17/h6-15H,1-5H3,(H,23,24). The van der Waals surface area contributed by atoms with E-state index in [9.17, 15) is 17.6 Å². The summed E-state index contributed by atoms with van der Waals surface area (Å²) < 4.78 is 38.5. The Morgan fingerprint density at radius 3 is 1.81 bits per heavy atom. The molecule has 27 heavy (non-hydrogen) atoms. The SMILES string of the molecule is CC(C)c1cccc(C(C)C)c1NC(=O)C(C)S(=O)(=O)c1ccc(F)cc1. The molecule has 0 saturated carbocycles. The monoisotopic (exact) mass is 391 g/mol. The highest BCUT2D eigenvalue weighted by Gasteiger charge is 2.31. The van der Waals surface area contributed by atoms with Gasteiger partial charge in [-0.05, 0) is 54.2 Å². The van der Waals surface area contributed by atoms with Gasteiger partial charge in [-0.2, -0.15) is 0 Å². The Labute approximate surface area is 160 Å². The van der Waals surface area contributed by atoms with Crippen molar-refractivity contribution in [2.45, 2.75) is 56.6 Å². The van der Waals surface area contributed by atoms with Gasteiger partial charge < -0.3 is 5.32 Å². The van der Waals surface area contributed by atoms with E-state index in [1.165, 1.54) is 19.1 Å². The van der Waals surface area contributed by atoms with Crippen molar-refractivity contribution in [2.75, 3.05) is 5.32 Å². The van der Waals surface area contributed by atoms with Crippen LogP contribution in [0.3, 0.4) is 0 Å². The number of rotatable bonds is 6. The van der Waals surface area contributed by atoms with Gasteiger partial charge in [-0.25, -0.2) is 12.8 Å². The molecule has 2 rings (SSSR count). The fraction of sp³-hybridized carbons (Fsp3) is 0.381. The van der Waals surface area contributed by atoms with Gasteiger partial charge in [0.2, 0.25) is 5.91 Å². The number of nitrogens with one attached hydrogen (secondary N) is 1. The summed E-state index contributed by atoms with van der Waals surface area (Å²) in [5.41, 5.74) is 2.59. The fourth-order valence-electron chi connectivity index (χ4n) is 2.89. The van der Waals surface area contributed by atoms with Crippen LogP contribution in [0.25, 0.3) is 0 Å². The Hall–Kier alpha value is -2.21. The minimum Gasteiger partial charge on any atom is -0.324 e. The fourth-order valence-corrected chi connectivity index (χ4v) is 4.15. The predicted molar refractivity (Wildman–Crippen MR) is 106 cm³/mol. The maximum atomic E-state index is 13.1. The van der Waals surface area contributed by atoms with Gasteiger partial charge in [-0.3, -0.25) is 4.79 Å². The molecule has 1 atom stereocenters. The average molecular weight is 392 g/mol. The molecule has 0 bridgehead atoms. The number of para-hydroxylation sites is 1. The number of hydrogen-bond donors (Lipinski definition) is 1. The lowest BCUT2D eigenvalue weighted by molar-refractivity contribution is -0.115. The first-order valence-corrected chi connectivity index (χ1v) is 10.5. The summed E-state index contributed by atoms with van der Waals surface area (Å²) in [5, 5.41) is 1.53. The van der Waals surface area contributed by atoms with Crippen LogP contribution >= 0.6 is 0 Å². The zero-order valence-electron chi connectivity index (χ0n) is 16.3. The number of halogens is 1. The van der Waals surface area contributed by atoms with E-state index in [0.29, 0.717) is 5.69 Å². The van der Waals surface area contributed by atoms with Crippen molar-refractivity contribution in [2.24, 2.45) is 0 Å². The number of sulfone groups is 1. The Balaban J connectivity index is 2.38. The van der Waals surface area contributed by atoms with Crippen molar-refractivity contribution in [3.8, 4) is 0 Å². The third-order valence-electron chi connectivity index (χ3n) is 4.60. The van der Waals surface area contributed by atoms with Crippen LogP contribution in [0.5, 0.6) is 0 Å². The Morgan fingerprint density at radius 2 is 1.37 bits per heavy atom.